The zero-order valence-electron chi connectivity index (χ0n) is 7.99. The lowest BCUT2D eigenvalue weighted by Gasteiger charge is -2.20. The van der Waals surface area contributed by atoms with Crippen LogP contribution in [0.4, 0.5) is 5.69 Å². The Hall–Kier alpha value is 0.0400. The van der Waals surface area contributed by atoms with Crippen LogP contribution in [-0.2, 0) is 5.41 Å². The second kappa shape index (κ2) is 3.65. The summed E-state index contributed by atoms with van der Waals surface area (Å²) in [5.41, 5.74) is 7.77. The van der Waals surface area contributed by atoms with Crippen molar-refractivity contribution in [2.75, 3.05) is 5.73 Å². The minimum absolute atomic E-state index is 0.122. The first-order chi connectivity index (χ1) is 5.82. The Morgan fingerprint density at radius 1 is 1.31 bits per heavy atom. The third-order valence-corrected chi connectivity index (χ3v) is 3.15. The van der Waals surface area contributed by atoms with Crippen molar-refractivity contribution < 1.29 is 0 Å². The monoisotopic (exact) mass is 309 g/mol. The third-order valence-electron chi connectivity index (χ3n) is 1.95. The minimum Gasteiger partial charge on any atom is -0.397 e. The van der Waals surface area contributed by atoms with E-state index in [4.69, 9.17) is 17.3 Å². The van der Waals surface area contributed by atoms with Gasteiger partial charge in [-0.15, -0.1) is 0 Å². The number of halogens is 2. The molecule has 0 amide bonds. The summed E-state index contributed by atoms with van der Waals surface area (Å²) in [5.74, 6) is 0. The second-order valence-electron chi connectivity index (χ2n) is 4.10. The number of nitrogen functional groups attached to an aromatic ring is 1. The molecule has 0 unspecified atom stereocenters. The molecule has 3 heteroatoms. The van der Waals surface area contributed by atoms with Crippen molar-refractivity contribution in [2.24, 2.45) is 0 Å². The van der Waals surface area contributed by atoms with E-state index in [0.29, 0.717) is 10.7 Å². The molecule has 0 aliphatic rings. The molecule has 0 radical (unpaired) electrons. The molecule has 0 aliphatic heterocycles. The average molecular weight is 310 g/mol. The summed E-state index contributed by atoms with van der Waals surface area (Å²) in [7, 11) is 0. The summed E-state index contributed by atoms with van der Waals surface area (Å²) >= 11 is 8.20. The molecule has 0 saturated carbocycles. The van der Waals surface area contributed by atoms with Gasteiger partial charge >= 0.3 is 0 Å². The highest BCUT2D eigenvalue weighted by molar-refractivity contribution is 14.1. The number of hydrogen-bond donors (Lipinski definition) is 1. The molecule has 1 rings (SSSR count). The third kappa shape index (κ3) is 2.50. The van der Waals surface area contributed by atoms with E-state index >= 15 is 0 Å². The Morgan fingerprint density at radius 2 is 1.85 bits per heavy atom. The van der Waals surface area contributed by atoms with Gasteiger partial charge in [0, 0.05) is 3.57 Å². The molecule has 0 aromatic heterocycles. The van der Waals surface area contributed by atoms with Crippen LogP contribution in [0.25, 0.3) is 0 Å². The summed E-state index contributed by atoms with van der Waals surface area (Å²) in [5, 5.41) is 0.650. The largest absolute Gasteiger partial charge is 0.397 e. The molecule has 0 saturated heterocycles. The lowest BCUT2D eigenvalue weighted by Crippen LogP contribution is -2.11. The molecule has 13 heavy (non-hydrogen) atoms. The Labute approximate surface area is 97.8 Å². The fraction of sp³-hybridized carbons (Fsp3) is 0.400. The quantitative estimate of drug-likeness (QED) is 0.572. The summed E-state index contributed by atoms with van der Waals surface area (Å²) in [6.07, 6.45) is 0. The molecule has 2 N–H and O–H groups in total. The smallest absolute Gasteiger partial charge is 0.0649 e. The van der Waals surface area contributed by atoms with Gasteiger partial charge in [0.1, 0.15) is 0 Å². The van der Waals surface area contributed by atoms with Crippen LogP contribution >= 0.6 is 34.2 Å². The van der Waals surface area contributed by atoms with Gasteiger partial charge < -0.3 is 5.73 Å². The van der Waals surface area contributed by atoms with Gasteiger partial charge in [0.05, 0.1) is 10.7 Å². The minimum atomic E-state index is 0.122. The Balaban J connectivity index is 3.29. The highest BCUT2D eigenvalue weighted by Gasteiger charge is 2.16. The van der Waals surface area contributed by atoms with Crippen molar-refractivity contribution in [1.82, 2.24) is 0 Å². The maximum absolute atomic E-state index is 6.00. The second-order valence-corrected chi connectivity index (χ2v) is 5.67. The highest BCUT2D eigenvalue weighted by atomic mass is 127. The SMILES string of the molecule is CC(C)(C)c1cc(Cl)c(N)c(I)c1. The van der Waals surface area contributed by atoms with Crippen molar-refractivity contribution >= 4 is 39.9 Å². The first-order valence-corrected chi connectivity index (χ1v) is 5.53. The number of benzene rings is 1. The number of rotatable bonds is 0. The average Bonchev–Trinajstić information content (AvgIpc) is 1.97. The predicted molar refractivity (Wildman–Crippen MR) is 67.3 cm³/mol. The molecule has 1 aromatic rings. The zero-order chi connectivity index (χ0) is 10.2. The first kappa shape index (κ1) is 11.1. The molecule has 0 fully saturated rings. The standard InChI is InChI=1S/C10H13ClIN/c1-10(2,3)6-4-7(11)9(13)8(12)5-6/h4-5H,13H2,1-3H3. The Kier molecular flexibility index (Phi) is 3.12. The molecule has 0 bridgehead atoms. The number of hydrogen-bond acceptors (Lipinski definition) is 1. The number of nitrogens with two attached hydrogens (primary N) is 1. The molecule has 1 nitrogen and oxygen atoms in total. The van der Waals surface area contributed by atoms with Crippen LogP contribution in [0.15, 0.2) is 12.1 Å². The molecule has 0 spiro atoms. The first-order valence-electron chi connectivity index (χ1n) is 4.07. The van der Waals surface area contributed by atoms with E-state index in [0.717, 1.165) is 3.57 Å². The van der Waals surface area contributed by atoms with Crippen LogP contribution in [0, 0.1) is 3.57 Å². The van der Waals surface area contributed by atoms with Crippen LogP contribution in [0.5, 0.6) is 0 Å². The normalized spacial score (nSPS) is 11.8. The lowest BCUT2D eigenvalue weighted by molar-refractivity contribution is 0.590. The molecule has 0 aliphatic carbocycles. The van der Waals surface area contributed by atoms with Crippen LogP contribution < -0.4 is 5.73 Å². The van der Waals surface area contributed by atoms with Gasteiger partial charge in [0.25, 0.3) is 0 Å². The van der Waals surface area contributed by atoms with E-state index < -0.39 is 0 Å². The molecular formula is C10H13ClIN. The van der Waals surface area contributed by atoms with Crippen molar-refractivity contribution in [3.63, 3.8) is 0 Å². The summed E-state index contributed by atoms with van der Waals surface area (Å²) in [4.78, 5) is 0. The summed E-state index contributed by atoms with van der Waals surface area (Å²) < 4.78 is 1.02. The van der Waals surface area contributed by atoms with Gasteiger partial charge in [0.2, 0.25) is 0 Å². The van der Waals surface area contributed by atoms with E-state index in [1.54, 1.807) is 0 Å². The maximum Gasteiger partial charge on any atom is 0.0649 e. The van der Waals surface area contributed by atoms with Crippen molar-refractivity contribution in [1.29, 1.82) is 0 Å². The van der Waals surface area contributed by atoms with Crippen molar-refractivity contribution in [3.8, 4) is 0 Å². The van der Waals surface area contributed by atoms with Crippen molar-refractivity contribution in [2.45, 2.75) is 26.2 Å². The molecule has 0 atom stereocenters. The van der Waals surface area contributed by atoms with E-state index in [2.05, 4.69) is 49.4 Å². The van der Waals surface area contributed by atoms with Crippen LogP contribution in [0.1, 0.15) is 26.3 Å². The van der Waals surface area contributed by atoms with Crippen molar-refractivity contribution in [3.05, 3.63) is 26.3 Å². The summed E-state index contributed by atoms with van der Waals surface area (Å²) in [6, 6.07) is 4.03. The van der Waals surface area contributed by atoms with Crippen LogP contribution in [-0.4, -0.2) is 0 Å². The fourth-order valence-electron chi connectivity index (χ4n) is 1.02. The van der Waals surface area contributed by atoms with Crippen LogP contribution in [0.3, 0.4) is 0 Å². The summed E-state index contributed by atoms with van der Waals surface area (Å²) in [6.45, 7) is 6.47. The Morgan fingerprint density at radius 3 is 2.23 bits per heavy atom. The zero-order valence-corrected chi connectivity index (χ0v) is 10.9. The van der Waals surface area contributed by atoms with Crippen LogP contribution in [0.2, 0.25) is 5.02 Å². The Bertz CT molecular complexity index is 305. The predicted octanol–water partition coefficient (Wildman–Crippen LogP) is 3.82. The molecule has 1 aromatic carbocycles. The maximum atomic E-state index is 6.00. The molecular weight excluding hydrogens is 296 g/mol. The molecule has 72 valence electrons. The van der Waals surface area contributed by atoms with Gasteiger partial charge in [-0.25, -0.2) is 0 Å². The van der Waals surface area contributed by atoms with Gasteiger partial charge in [-0.1, -0.05) is 32.4 Å². The van der Waals surface area contributed by atoms with Gasteiger partial charge in [-0.05, 0) is 45.7 Å². The fourth-order valence-corrected chi connectivity index (χ4v) is 2.02. The van der Waals surface area contributed by atoms with E-state index in [-0.39, 0.29) is 5.41 Å². The van der Waals surface area contributed by atoms with E-state index in [1.807, 2.05) is 6.07 Å². The van der Waals surface area contributed by atoms with Gasteiger partial charge in [-0.3, -0.25) is 0 Å². The highest BCUT2D eigenvalue weighted by Crippen LogP contribution is 2.31. The van der Waals surface area contributed by atoms with E-state index in [9.17, 15) is 0 Å². The molecule has 0 heterocycles. The van der Waals surface area contributed by atoms with Gasteiger partial charge in [-0.2, -0.15) is 0 Å². The lowest BCUT2D eigenvalue weighted by atomic mass is 9.87. The van der Waals surface area contributed by atoms with Gasteiger partial charge in [0.15, 0.2) is 0 Å². The number of anilines is 1. The topological polar surface area (TPSA) is 26.0 Å². The van der Waals surface area contributed by atoms with E-state index in [1.165, 1.54) is 5.56 Å².